The van der Waals surface area contributed by atoms with Gasteiger partial charge in [-0.2, -0.15) is 4.98 Å². The molecule has 0 bridgehead atoms. The van der Waals surface area contributed by atoms with Gasteiger partial charge in [0.25, 0.3) is 0 Å². The highest BCUT2D eigenvalue weighted by Crippen LogP contribution is 2.10. The fourth-order valence-corrected chi connectivity index (χ4v) is 1.99. The van der Waals surface area contributed by atoms with E-state index in [9.17, 15) is 0 Å². The molecule has 0 aromatic carbocycles. The second-order valence-corrected chi connectivity index (χ2v) is 5.95. The third-order valence-electron chi connectivity index (χ3n) is 3.35. The van der Waals surface area contributed by atoms with Crippen molar-refractivity contribution in [2.24, 2.45) is 4.99 Å². The van der Waals surface area contributed by atoms with Gasteiger partial charge in [-0.3, -0.25) is 4.99 Å². The topological polar surface area (TPSA) is 93.8 Å². The molecule has 0 aliphatic carbocycles. The quantitative estimate of drug-likeness (QED) is 0.193. The van der Waals surface area contributed by atoms with Crippen LogP contribution >= 0.6 is 24.0 Å². The zero-order chi connectivity index (χ0) is 18.3. The molecule has 26 heavy (non-hydrogen) atoms. The van der Waals surface area contributed by atoms with Crippen molar-refractivity contribution in [2.45, 2.75) is 46.0 Å². The number of guanidine groups is 1. The van der Waals surface area contributed by atoms with E-state index in [-0.39, 0.29) is 24.0 Å². The minimum atomic E-state index is 0. The van der Waals surface area contributed by atoms with Crippen molar-refractivity contribution in [3.63, 3.8) is 0 Å². The highest BCUT2D eigenvalue weighted by atomic mass is 127. The molecule has 1 heterocycles. The van der Waals surface area contributed by atoms with E-state index < -0.39 is 0 Å². The van der Waals surface area contributed by atoms with Gasteiger partial charge in [-0.05, 0) is 19.8 Å². The van der Waals surface area contributed by atoms with Gasteiger partial charge < -0.3 is 24.6 Å². The maximum absolute atomic E-state index is 5.43. The van der Waals surface area contributed by atoms with Crippen molar-refractivity contribution in [3.8, 4) is 0 Å². The fraction of sp³-hybridized carbons (Fsp3) is 0.824. The lowest BCUT2D eigenvalue weighted by molar-refractivity contribution is 0.0698. The SMILES string of the molecule is CCNC(=NCCCc1nc(C(C)C)no1)NCCCOCCOC.I. The molecule has 0 fully saturated rings. The maximum Gasteiger partial charge on any atom is 0.226 e. The van der Waals surface area contributed by atoms with Gasteiger partial charge in [0.05, 0.1) is 13.2 Å². The van der Waals surface area contributed by atoms with Crippen LogP contribution in [0.2, 0.25) is 0 Å². The number of aliphatic imine (C=N–C) groups is 1. The van der Waals surface area contributed by atoms with Crippen LogP contribution in [0, 0.1) is 0 Å². The van der Waals surface area contributed by atoms with E-state index >= 15 is 0 Å². The first kappa shape index (κ1) is 25.1. The van der Waals surface area contributed by atoms with Crippen LogP contribution in [0.15, 0.2) is 9.52 Å². The number of ether oxygens (including phenoxy) is 2. The van der Waals surface area contributed by atoms with Crippen molar-refractivity contribution in [2.75, 3.05) is 46.6 Å². The molecule has 9 heteroatoms. The molecule has 1 rings (SSSR count). The van der Waals surface area contributed by atoms with E-state index in [1.54, 1.807) is 7.11 Å². The Labute approximate surface area is 173 Å². The zero-order valence-corrected chi connectivity index (χ0v) is 18.7. The van der Waals surface area contributed by atoms with E-state index in [0.29, 0.717) is 38.2 Å². The van der Waals surface area contributed by atoms with Crippen LogP contribution in [-0.2, 0) is 15.9 Å². The standard InChI is InChI=1S/C17H33N5O3.HI/c1-5-18-17(20-10-7-11-24-13-12-23-4)19-9-6-8-15-21-16(14(2)3)22-25-15;/h14H,5-13H2,1-4H3,(H2,18,19,20);1H. The predicted molar refractivity (Wildman–Crippen MR) is 113 cm³/mol. The average molecular weight is 483 g/mol. The summed E-state index contributed by atoms with van der Waals surface area (Å²) in [6.45, 7) is 10.5. The van der Waals surface area contributed by atoms with Crippen molar-refractivity contribution in [3.05, 3.63) is 11.7 Å². The molecule has 0 spiro atoms. The number of rotatable bonds is 13. The molecule has 0 aliphatic rings. The van der Waals surface area contributed by atoms with Crippen LogP contribution in [0.25, 0.3) is 0 Å². The fourth-order valence-electron chi connectivity index (χ4n) is 1.99. The van der Waals surface area contributed by atoms with E-state index in [4.69, 9.17) is 14.0 Å². The Bertz CT molecular complexity index is 483. The van der Waals surface area contributed by atoms with Gasteiger partial charge in [0.15, 0.2) is 11.8 Å². The predicted octanol–water partition coefficient (Wildman–Crippen LogP) is 2.35. The Morgan fingerprint density at radius 2 is 2.00 bits per heavy atom. The Hall–Kier alpha value is -0.940. The van der Waals surface area contributed by atoms with Gasteiger partial charge in [-0.1, -0.05) is 19.0 Å². The molecule has 0 saturated heterocycles. The molecule has 0 aliphatic heterocycles. The van der Waals surface area contributed by atoms with E-state index in [2.05, 4.69) is 46.5 Å². The van der Waals surface area contributed by atoms with Crippen LogP contribution in [0.1, 0.15) is 51.2 Å². The van der Waals surface area contributed by atoms with Gasteiger partial charge in [0.1, 0.15) is 0 Å². The summed E-state index contributed by atoms with van der Waals surface area (Å²) in [6.07, 6.45) is 2.54. The highest BCUT2D eigenvalue weighted by Gasteiger charge is 2.08. The molecule has 2 N–H and O–H groups in total. The summed E-state index contributed by atoms with van der Waals surface area (Å²) in [4.78, 5) is 8.94. The third kappa shape index (κ3) is 11.6. The van der Waals surface area contributed by atoms with Gasteiger partial charge in [-0.25, -0.2) is 0 Å². The molecular weight excluding hydrogens is 449 g/mol. The second-order valence-electron chi connectivity index (χ2n) is 5.95. The first-order valence-corrected chi connectivity index (χ1v) is 9.08. The van der Waals surface area contributed by atoms with Crippen molar-refractivity contribution in [1.82, 2.24) is 20.8 Å². The number of halogens is 1. The summed E-state index contributed by atoms with van der Waals surface area (Å²) >= 11 is 0. The molecule has 1 aromatic heterocycles. The molecule has 0 radical (unpaired) electrons. The lowest BCUT2D eigenvalue weighted by Crippen LogP contribution is -2.38. The summed E-state index contributed by atoms with van der Waals surface area (Å²) in [5.41, 5.74) is 0. The molecule has 152 valence electrons. The third-order valence-corrected chi connectivity index (χ3v) is 3.35. The van der Waals surface area contributed by atoms with Gasteiger partial charge in [-0.15, -0.1) is 24.0 Å². The van der Waals surface area contributed by atoms with E-state index in [1.165, 1.54) is 0 Å². The van der Waals surface area contributed by atoms with Crippen LogP contribution in [0.3, 0.4) is 0 Å². The monoisotopic (exact) mass is 483 g/mol. The first-order valence-electron chi connectivity index (χ1n) is 9.08. The molecule has 1 aromatic rings. The number of aromatic nitrogens is 2. The number of aryl methyl sites for hydroxylation is 1. The molecular formula is C17H34IN5O3. The second kappa shape index (κ2) is 16.2. The molecule has 0 atom stereocenters. The van der Waals surface area contributed by atoms with Crippen molar-refractivity contribution >= 4 is 29.9 Å². The Morgan fingerprint density at radius 1 is 1.19 bits per heavy atom. The lowest BCUT2D eigenvalue weighted by Gasteiger charge is -2.11. The van der Waals surface area contributed by atoms with Crippen molar-refractivity contribution in [1.29, 1.82) is 0 Å². The maximum atomic E-state index is 5.43. The molecule has 0 saturated carbocycles. The summed E-state index contributed by atoms with van der Waals surface area (Å²) in [5, 5.41) is 10.5. The minimum Gasteiger partial charge on any atom is -0.382 e. The first-order chi connectivity index (χ1) is 12.2. The summed E-state index contributed by atoms with van der Waals surface area (Å²) in [5.74, 6) is 2.57. The summed E-state index contributed by atoms with van der Waals surface area (Å²) in [7, 11) is 1.67. The Kier molecular flexibility index (Phi) is 15.7. The summed E-state index contributed by atoms with van der Waals surface area (Å²) < 4.78 is 15.6. The van der Waals surface area contributed by atoms with E-state index in [0.717, 1.165) is 44.1 Å². The largest absolute Gasteiger partial charge is 0.382 e. The summed E-state index contributed by atoms with van der Waals surface area (Å²) in [6, 6.07) is 0. The van der Waals surface area contributed by atoms with Gasteiger partial charge >= 0.3 is 0 Å². The lowest BCUT2D eigenvalue weighted by atomic mass is 10.2. The molecule has 8 nitrogen and oxygen atoms in total. The van der Waals surface area contributed by atoms with Gasteiger partial charge in [0.2, 0.25) is 5.89 Å². The number of nitrogens with zero attached hydrogens (tertiary/aromatic N) is 3. The smallest absolute Gasteiger partial charge is 0.226 e. The number of hydrogen-bond acceptors (Lipinski definition) is 6. The van der Waals surface area contributed by atoms with Crippen LogP contribution in [-0.4, -0.2) is 62.7 Å². The van der Waals surface area contributed by atoms with Crippen molar-refractivity contribution < 1.29 is 14.0 Å². The van der Waals surface area contributed by atoms with Crippen LogP contribution < -0.4 is 10.6 Å². The molecule has 0 unspecified atom stereocenters. The number of hydrogen-bond donors (Lipinski definition) is 2. The average Bonchev–Trinajstić information content (AvgIpc) is 3.07. The molecule has 0 amide bonds. The number of methoxy groups -OCH3 is 1. The Morgan fingerprint density at radius 3 is 2.65 bits per heavy atom. The van der Waals surface area contributed by atoms with Crippen LogP contribution in [0.4, 0.5) is 0 Å². The van der Waals surface area contributed by atoms with Crippen LogP contribution in [0.5, 0.6) is 0 Å². The Balaban J connectivity index is 0.00000625. The van der Waals surface area contributed by atoms with E-state index in [1.807, 2.05) is 0 Å². The number of nitrogens with one attached hydrogen (secondary N) is 2. The zero-order valence-electron chi connectivity index (χ0n) is 16.4. The normalized spacial score (nSPS) is 11.5. The van der Waals surface area contributed by atoms with Gasteiger partial charge in [0, 0.05) is 45.7 Å². The minimum absolute atomic E-state index is 0. The highest BCUT2D eigenvalue weighted by molar-refractivity contribution is 14.0.